The summed E-state index contributed by atoms with van der Waals surface area (Å²) in [4.78, 5) is 19.5. The highest BCUT2D eigenvalue weighted by molar-refractivity contribution is 7.09. The first kappa shape index (κ1) is 22.6. The van der Waals surface area contributed by atoms with Crippen LogP contribution in [0.3, 0.4) is 0 Å². The molecular weight excluding hydrogens is 379 g/mol. The molecule has 3 rings (SSSR count). The SMILES string of the molecule is Cc1nc(CN2CCC(C(=O)NC3CCNCC3C)CC2)cs1.Cl.Cl. The Labute approximate surface area is 167 Å². The van der Waals surface area contributed by atoms with Gasteiger partial charge in [0.05, 0.1) is 10.7 Å². The van der Waals surface area contributed by atoms with Crippen molar-refractivity contribution in [1.29, 1.82) is 0 Å². The quantitative estimate of drug-likeness (QED) is 0.803. The summed E-state index contributed by atoms with van der Waals surface area (Å²) >= 11 is 1.71. The van der Waals surface area contributed by atoms with Crippen molar-refractivity contribution in [2.75, 3.05) is 26.2 Å². The second-order valence-corrected chi connectivity index (χ2v) is 8.06. The number of nitrogens with one attached hydrogen (secondary N) is 2. The van der Waals surface area contributed by atoms with Crippen LogP contribution in [0, 0.1) is 18.8 Å². The van der Waals surface area contributed by atoms with Gasteiger partial charge < -0.3 is 10.6 Å². The molecular formula is C17H30Cl2N4OS. The summed E-state index contributed by atoms with van der Waals surface area (Å²) in [5.74, 6) is 0.985. The number of aryl methyl sites for hydroxylation is 1. The molecule has 2 saturated heterocycles. The Hall–Kier alpha value is -0.400. The molecule has 2 unspecified atom stereocenters. The Morgan fingerprint density at radius 1 is 1.36 bits per heavy atom. The van der Waals surface area contributed by atoms with Gasteiger partial charge in [0.15, 0.2) is 0 Å². The Kier molecular flexibility index (Phi) is 9.67. The van der Waals surface area contributed by atoms with Gasteiger partial charge in [0.1, 0.15) is 0 Å². The number of hydrogen-bond acceptors (Lipinski definition) is 5. The summed E-state index contributed by atoms with van der Waals surface area (Å²) in [5, 5.41) is 9.96. The fourth-order valence-corrected chi connectivity index (χ4v) is 4.20. The number of likely N-dealkylation sites (tertiary alicyclic amines) is 1. The predicted molar refractivity (Wildman–Crippen MR) is 108 cm³/mol. The number of halogens is 2. The van der Waals surface area contributed by atoms with E-state index in [-0.39, 0.29) is 36.6 Å². The average Bonchev–Trinajstić information content (AvgIpc) is 2.95. The van der Waals surface area contributed by atoms with E-state index in [1.54, 1.807) is 11.3 Å². The number of hydrogen-bond donors (Lipinski definition) is 2. The fourth-order valence-electron chi connectivity index (χ4n) is 3.59. The van der Waals surface area contributed by atoms with Gasteiger partial charge >= 0.3 is 0 Å². The van der Waals surface area contributed by atoms with Gasteiger partial charge in [-0.1, -0.05) is 6.92 Å². The Morgan fingerprint density at radius 3 is 2.68 bits per heavy atom. The first-order chi connectivity index (χ1) is 11.1. The van der Waals surface area contributed by atoms with Crippen molar-refractivity contribution in [3.63, 3.8) is 0 Å². The number of aromatic nitrogens is 1. The molecule has 2 fully saturated rings. The minimum Gasteiger partial charge on any atom is -0.353 e. The van der Waals surface area contributed by atoms with E-state index in [1.165, 1.54) is 5.69 Å². The topological polar surface area (TPSA) is 57.3 Å². The largest absolute Gasteiger partial charge is 0.353 e. The highest BCUT2D eigenvalue weighted by Crippen LogP contribution is 2.21. The van der Waals surface area contributed by atoms with Crippen molar-refractivity contribution in [1.82, 2.24) is 20.5 Å². The Morgan fingerprint density at radius 2 is 2.08 bits per heavy atom. The van der Waals surface area contributed by atoms with Crippen molar-refractivity contribution in [2.24, 2.45) is 11.8 Å². The molecule has 0 saturated carbocycles. The molecule has 25 heavy (non-hydrogen) atoms. The van der Waals surface area contributed by atoms with Crippen LogP contribution in [0.5, 0.6) is 0 Å². The van der Waals surface area contributed by atoms with E-state index in [0.717, 1.165) is 57.0 Å². The van der Waals surface area contributed by atoms with Crippen molar-refractivity contribution >= 4 is 42.1 Å². The molecule has 0 aliphatic carbocycles. The minimum atomic E-state index is 0. The number of thiazole rings is 1. The first-order valence-corrected chi connectivity index (χ1v) is 9.64. The van der Waals surface area contributed by atoms with E-state index in [0.29, 0.717) is 12.0 Å². The van der Waals surface area contributed by atoms with Gasteiger partial charge in [-0.05, 0) is 58.3 Å². The minimum absolute atomic E-state index is 0. The van der Waals surface area contributed by atoms with Crippen molar-refractivity contribution in [3.05, 3.63) is 16.1 Å². The summed E-state index contributed by atoms with van der Waals surface area (Å²) in [6.45, 7) is 9.20. The van der Waals surface area contributed by atoms with Crippen LogP contribution in [0.15, 0.2) is 5.38 Å². The number of piperidine rings is 2. The number of amides is 1. The van der Waals surface area contributed by atoms with Crippen LogP contribution in [0.4, 0.5) is 0 Å². The summed E-state index contributed by atoms with van der Waals surface area (Å²) in [7, 11) is 0. The van der Waals surface area contributed by atoms with Crippen molar-refractivity contribution in [2.45, 2.75) is 45.7 Å². The van der Waals surface area contributed by atoms with Crippen LogP contribution >= 0.6 is 36.2 Å². The molecule has 144 valence electrons. The normalized spacial score (nSPS) is 24.9. The molecule has 2 atom stereocenters. The van der Waals surface area contributed by atoms with E-state index in [4.69, 9.17) is 0 Å². The lowest BCUT2D eigenvalue weighted by Crippen LogP contribution is -2.51. The fraction of sp³-hybridized carbons (Fsp3) is 0.765. The van der Waals surface area contributed by atoms with E-state index >= 15 is 0 Å². The molecule has 1 aromatic rings. The van der Waals surface area contributed by atoms with Gasteiger partial charge in [-0.15, -0.1) is 36.2 Å². The molecule has 0 aromatic carbocycles. The number of carbonyl (C=O) groups excluding carboxylic acids is 1. The van der Waals surface area contributed by atoms with Gasteiger partial charge in [0.25, 0.3) is 0 Å². The molecule has 1 amide bonds. The van der Waals surface area contributed by atoms with E-state index in [2.05, 4.69) is 32.8 Å². The third-order valence-corrected chi connectivity index (χ3v) is 5.95. The Balaban J connectivity index is 0.00000156. The zero-order chi connectivity index (χ0) is 16.2. The van der Waals surface area contributed by atoms with Crippen molar-refractivity contribution < 1.29 is 4.79 Å². The zero-order valence-electron chi connectivity index (χ0n) is 15.0. The predicted octanol–water partition coefficient (Wildman–Crippen LogP) is 2.62. The van der Waals surface area contributed by atoms with Gasteiger partial charge in [-0.2, -0.15) is 0 Å². The highest BCUT2D eigenvalue weighted by Gasteiger charge is 2.29. The number of carbonyl (C=O) groups is 1. The zero-order valence-corrected chi connectivity index (χ0v) is 17.4. The van der Waals surface area contributed by atoms with Crippen LogP contribution < -0.4 is 10.6 Å². The van der Waals surface area contributed by atoms with Crippen LogP contribution in [0.25, 0.3) is 0 Å². The standard InChI is InChI=1S/C17H28N4OS.2ClH/c1-12-9-18-6-3-16(12)20-17(22)14-4-7-21(8-5-14)10-15-11-23-13(2)19-15;;/h11-12,14,16,18H,3-10H2,1-2H3,(H,20,22);2*1H. The molecule has 8 heteroatoms. The maximum atomic E-state index is 12.5. The van der Waals surface area contributed by atoms with Gasteiger partial charge in [0.2, 0.25) is 5.91 Å². The second kappa shape index (κ2) is 10.7. The molecule has 0 spiro atoms. The van der Waals surface area contributed by atoms with Crippen LogP contribution in [-0.2, 0) is 11.3 Å². The molecule has 2 aliphatic rings. The lowest BCUT2D eigenvalue weighted by atomic mass is 9.92. The second-order valence-electron chi connectivity index (χ2n) is 6.99. The Bertz CT molecular complexity index is 534. The number of nitrogens with zero attached hydrogens (tertiary/aromatic N) is 2. The van der Waals surface area contributed by atoms with Crippen LogP contribution in [-0.4, -0.2) is 48.0 Å². The third kappa shape index (κ3) is 6.36. The van der Waals surface area contributed by atoms with Gasteiger partial charge in [-0.25, -0.2) is 4.98 Å². The summed E-state index contributed by atoms with van der Waals surface area (Å²) in [5.41, 5.74) is 1.17. The number of rotatable bonds is 4. The summed E-state index contributed by atoms with van der Waals surface area (Å²) < 4.78 is 0. The molecule has 1 aromatic heterocycles. The van der Waals surface area contributed by atoms with E-state index in [1.807, 2.05) is 6.92 Å². The maximum Gasteiger partial charge on any atom is 0.223 e. The lowest BCUT2D eigenvalue weighted by molar-refractivity contribution is -0.127. The highest BCUT2D eigenvalue weighted by atomic mass is 35.5. The van der Waals surface area contributed by atoms with E-state index < -0.39 is 0 Å². The van der Waals surface area contributed by atoms with E-state index in [9.17, 15) is 4.79 Å². The smallest absolute Gasteiger partial charge is 0.223 e. The lowest BCUT2D eigenvalue weighted by Gasteiger charge is -2.34. The van der Waals surface area contributed by atoms with Crippen molar-refractivity contribution in [3.8, 4) is 0 Å². The molecule has 2 aliphatic heterocycles. The summed E-state index contributed by atoms with van der Waals surface area (Å²) in [6, 6.07) is 0.347. The molecule has 2 N–H and O–H groups in total. The van der Waals surface area contributed by atoms with Crippen LogP contribution in [0.2, 0.25) is 0 Å². The first-order valence-electron chi connectivity index (χ1n) is 8.76. The molecule has 0 radical (unpaired) electrons. The van der Waals surface area contributed by atoms with Gasteiger partial charge in [-0.3, -0.25) is 9.69 Å². The maximum absolute atomic E-state index is 12.5. The molecule has 3 heterocycles. The monoisotopic (exact) mass is 408 g/mol. The molecule has 0 bridgehead atoms. The third-order valence-electron chi connectivity index (χ3n) is 5.12. The molecule has 5 nitrogen and oxygen atoms in total. The average molecular weight is 409 g/mol. The van der Waals surface area contributed by atoms with Gasteiger partial charge in [0, 0.05) is 23.9 Å². The van der Waals surface area contributed by atoms with Crippen LogP contribution in [0.1, 0.15) is 36.9 Å². The summed E-state index contributed by atoms with van der Waals surface area (Å²) in [6.07, 6.45) is 2.98.